The van der Waals surface area contributed by atoms with Crippen molar-refractivity contribution < 1.29 is 4.79 Å². The third-order valence-corrected chi connectivity index (χ3v) is 5.25. The van der Waals surface area contributed by atoms with E-state index in [0.29, 0.717) is 11.2 Å². The van der Waals surface area contributed by atoms with Crippen LogP contribution < -0.4 is 5.32 Å². The van der Waals surface area contributed by atoms with Crippen LogP contribution in [0.15, 0.2) is 42.6 Å². The predicted molar refractivity (Wildman–Crippen MR) is 108 cm³/mol. The molecule has 1 aliphatic heterocycles. The van der Waals surface area contributed by atoms with Gasteiger partial charge < -0.3 is 9.72 Å². The van der Waals surface area contributed by atoms with Crippen LogP contribution in [0.4, 0.5) is 5.69 Å². The molecule has 1 aliphatic rings. The molecule has 0 unspecified atom stereocenters. The zero-order valence-electron chi connectivity index (χ0n) is 16.0. The van der Waals surface area contributed by atoms with Crippen LogP contribution in [0.1, 0.15) is 46.6 Å². The number of carbonyl (C=O) groups is 1. The molecule has 1 N–H and O–H groups in total. The summed E-state index contributed by atoms with van der Waals surface area (Å²) in [6.45, 7) is 7.33. The number of rotatable bonds is 4. The molecule has 1 saturated heterocycles. The fourth-order valence-electron chi connectivity index (χ4n) is 3.84. The number of piperidine rings is 1. The highest BCUT2D eigenvalue weighted by atomic mass is 16.1. The molecule has 3 heterocycles. The third kappa shape index (κ3) is 3.88. The lowest BCUT2D eigenvalue weighted by molar-refractivity contribution is 0.102. The van der Waals surface area contributed by atoms with Crippen molar-refractivity contribution in [3.05, 3.63) is 65.1 Å². The number of hydrogen-bond acceptors (Lipinski definition) is 3. The molecule has 0 spiro atoms. The van der Waals surface area contributed by atoms with E-state index in [1.54, 1.807) is 0 Å². The molecule has 1 amide bonds. The monoisotopic (exact) mass is 362 g/mol. The lowest BCUT2D eigenvalue weighted by atomic mass is 10.1. The van der Waals surface area contributed by atoms with Crippen molar-refractivity contribution in [2.75, 3.05) is 18.4 Å². The second kappa shape index (κ2) is 7.53. The summed E-state index contributed by atoms with van der Waals surface area (Å²) < 4.78 is 1.95. The molecule has 0 aliphatic carbocycles. The fourth-order valence-corrected chi connectivity index (χ4v) is 3.84. The molecule has 5 nitrogen and oxygen atoms in total. The van der Waals surface area contributed by atoms with E-state index in [1.165, 1.54) is 37.9 Å². The largest absolute Gasteiger partial charge is 0.322 e. The lowest BCUT2D eigenvalue weighted by Gasteiger charge is -2.26. The molecule has 1 fully saturated rings. The average molecular weight is 362 g/mol. The van der Waals surface area contributed by atoms with Gasteiger partial charge in [0.2, 0.25) is 0 Å². The summed E-state index contributed by atoms with van der Waals surface area (Å²) in [4.78, 5) is 19.8. The van der Waals surface area contributed by atoms with Crippen molar-refractivity contribution in [3.63, 3.8) is 0 Å². The SMILES string of the molecule is Cc1cc(C)n2ccc(C(=O)Nc3ccc(CN4CCCCC4)cc3)c2n1. The smallest absolute Gasteiger partial charge is 0.259 e. The van der Waals surface area contributed by atoms with E-state index in [4.69, 9.17) is 0 Å². The maximum Gasteiger partial charge on any atom is 0.259 e. The van der Waals surface area contributed by atoms with Crippen LogP contribution in [0.25, 0.3) is 5.65 Å². The topological polar surface area (TPSA) is 49.6 Å². The molecule has 0 radical (unpaired) electrons. The normalized spacial score (nSPS) is 15.2. The summed E-state index contributed by atoms with van der Waals surface area (Å²) in [5, 5.41) is 3.00. The van der Waals surface area contributed by atoms with Gasteiger partial charge in [0.1, 0.15) is 5.65 Å². The number of nitrogens with one attached hydrogen (secondary N) is 1. The van der Waals surface area contributed by atoms with Crippen molar-refractivity contribution >= 4 is 17.2 Å². The zero-order chi connectivity index (χ0) is 18.8. The predicted octanol–water partition coefficient (Wildman–Crippen LogP) is 4.19. The van der Waals surface area contributed by atoms with E-state index in [-0.39, 0.29) is 5.91 Å². The van der Waals surface area contributed by atoms with E-state index >= 15 is 0 Å². The van der Waals surface area contributed by atoms with Gasteiger partial charge in [0, 0.05) is 29.8 Å². The highest BCUT2D eigenvalue weighted by Gasteiger charge is 2.15. The molecule has 0 atom stereocenters. The zero-order valence-corrected chi connectivity index (χ0v) is 16.0. The van der Waals surface area contributed by atoms with Crippen molar-refractivity contribution in [3.8, 4) is 0 Å². The minimum absolute atomic E-state index is 0.126. The van der Waals surface area contributed by atoms with Crippen LogP contribution in [0.5, 0.6) is 0 Å². The molecule has 2 aromatic heterocycles. The van der Waals surface area contributed by atoms with E-state index in [2.05, 4.69) is 27.3 Å². The Kier molecular flexibility index (Phi) is 4.94. The standard InChI is InChI=1S/C22H26N4O/c1-16-14-17(2)26-13-10-20(21(26)23-16)22(27)24-19-8-6-18(7-9-19)15-25-11-4-3-5-12-25/h6-10,13-14H,3-5,11-12,15H2,1-2H3,(H,24,27). The first-order valence-electron chi connectivity index (χ1n) is 9.68. The van der Waals surface area contributed by atoms with Gasteiger partial charge >= 0.3 is 0 Å². The van der Waals surface area contributed by atoms with E-state index in [0.717, 1.165) is 23.6 Å². The summed E-state index contributed by atoms with van der Waals surface area (Å²) >= 11 is 0. The van der Waals surface area contributed by atoms with Crippen molar-refractivity contribution in [1.82, 2.24) is 14.3 Å². The number of carbonyl (C=O) groups excluding carboxylic acids is 1. The van der Waals surface area contributed by atoms with Crippen LogP contribution in [0.3, 0.4) is 0 Å². The Morgan fingerprint density at radius 1 is 1.07 bits per heavy atom. The molecule has 1 aromatic carbocycles. The van der Waals surface area contributed by atoms with E-state index in [9.17, 15) is 4.79 Å². The van der Waals surface area contributed by atoms with Crippen molar-refractivity contribution in [2.24, 2.45) is 0 Å². The van der Waals surface area contributed by atoms with Crippen LogP contribution >= 0.6 is 0 Å². The van der Waals surface area contributed by atoms with Crippen LogP contribution in [0, 0.1) is 13.8 Å². The van der Waals surface area contributed by atoms with E-state index < -0.39 is 0 Å². The number of fused-ring (bicyclic) bond motifs is 1. The molecular weight excluding hydrogens is 336 g/mol. The van der Waals surface area contributed by atoms with Gasteiger partial charge in [0.25, 0.3) is 5.91 Å². The first-order valence-corrected chi connectivity index (χ1v) is 9.68. The average Bonchev–Trinajstić information content (AvgIpc) is 3.08. The second-order valence-corrected chi connectivity index (χ2v) is 7.45. The summed E-state index contributed by atoms with van der Waals surface area (Å²) in [5.74, 6) is -0.126. The Bertz CT molecular complexity index is 952. The number of anilines is 1. The van der Waals surface area contributed by atoms with E-state index in [1.807, 2.05) is 48.7 Å². The van der Waals surface area contributed by atoms with Gasteiger partial charge in [-0.3, -0.25) is 9.69 Å². The van der Waals surface area contributed by atoms with Crippen LogP contribution in [-0.4, -0.2) is 33.3 Å². The quantitative estimate of drug-likeness (QED) is 0.757. The molecule has 27 heavy (non-hydrogen) atoms. The number of likely N-dealkylation sites (tertiary alicyclic amines) is 1. The first kappa shape index (κ1) is 17.7. The highest BCUT2D eigenvalue weighted by molar-refractivity contribution is 6.08. The van der Waals surface area contributed by atoms with Crippen LogP contribution in [0.2, 0.25) is 0 Å². The maximum atomic E-state index is 12.7. The Labute approximate surface area is 160 Å². The molecule has 140 valence electrons. The number of nitrogens with zero attached hydrogens (tertiary/aromatic N) is 3. The van der Waals surface area contributed by atoms with Gasteiger partial charge in [-0.25, -0.2) is 4.98 Å². The van der Waals surface area contributed by atoms with Gasteiger partial charge in [-0.05, 0) is 69.6 Å². The number of hydrogen-bond donors (Lipinski definition) is 1. The molecule has 0 saturated carbocycles. The highest BCUT2D eigenvalue weighted by Crippen LogP contribution is 2.18. The molecule has 0 bridgehead atoms. The Hall–Kier alpha value is -2.66. The van der Waals surface area contributed by atoms with Crippen molar-refractivity contribution in [2.45, 2.75) is 39.7 Å². The molecule has 3 aromatic rings. The molecule has 4 rings (SSSR count). The first-order chi connectivity index (χ1) is 13.1. The summed E-state index contributed by atoms with van der Waals surface area (Å²) in [6, 6.07) is 12.0. The lowest BCUT2D eigenvalue weighted by Crippen LogP contribution is -2.29. The van der Waals surface area contributed by atoms with Crippen molar-refractivity contribution in [1.29, 1.82) is 0 Å². The summed E-state index contributed by atoms with van der Waals surface area (Å²) in [6.07, 6.45) is 5.84. The van der Waals surface area contributed by atoms with Gasteiger partial charge in [-0.1, -0.05) is 18.6 Å². The number of aryl methyl sites for hydroxylation is 2. The number of aromatic nitrogens is 2. The molecular formula is C22H26N4O. The minimum Gasteiger partial charge on any atom is -0.322 e. The van der Waals surface area contributed by atoms with Gasteiger partial charge in [0.05, 0.1) is 5.56 Å². The Morgan fingerprint density at radius 3 is 2.56 bits per heavy atom. The number of benzene rings is 1. The van der Waals surface area contributed by atoms with Gasteiger partial charge in [0.15, 0.2) is 0 Å². The fraction of sp³-hybridized carbons (Fsp3) is 0.364. The summed E-state index contributed by atoms with van der Waals surface area (Å²) in [7, 11) is 0. The third-order valence-electron chi connectivity index (χ3n) is 5.25. The maximum absolute atomic E-state index is 12.7. The number of amides is 1. The summed E-state index contributed by atoms with van der Waals surface area (Å²) in [5.41, 5.74) is 5.38. The van der Waals surface area contributed by atoms with Crippen LogP contribution in [-0.2, 0) is 6.54 Å². The van der Waals surface area contributed by atoms with Gasteiger partial charge in [-0.15, -0.1) is 0 Å². The Balaban J connectivity index is 1.47. The minimum atomic E-state index is -0.126. The molecule has 5 heteroatoms. The second-order valence-electron chi connectivity index (χ2n) is 7.45. The Morgan fingerprint density at radius 2 is 1.81 bits per heavy atom. The van der Waals surface area contributed by atoms with Gasteiger partial charge in [-0.2, -0.15) is 0 Å².